The van der Waals surface area contributed by atoms with Crippen molar-refractivity contribution < 1.29 is 9.00 Å². The average Bonchev–Trinajstić information content (AvgIpc) is 2.38. The fraction of sp³-hybridized carbons (Fsp3) is 0.500. The van der Waals surface area contributed by atoms with E-state index in [0.717, 1.165) is 0 Å². The van der Waals surface area contributed by atoms with Crippen LogP contribution >= 0.6 is 0 Å². The molecule has 1 heterocycles. The van der Waals surface area contributed by atoms with Crippen LogP contribution in [-0.4, -0.2) is 40.2 Å². The van der Waals surface area contributed by atoms with Crippen molar-refractivity contribution in [1.29, 1.82) is 0 Å². The smallest absolute Gasteiger partial charge is 0.255 e. The number of aromatic nitrogens is 1. The second-order valence-corrected chi connectivity index (χ2v) is 5.81. The minimum atomic E-state index is -0.852. The predicted molar refractivity (Wildman–Crippen MR) is 74.3 cm³/mol. The SMILES string of the molecule is CNc1ncccc1C(=O)NCCC(C)S(C)=O. The normalized spacial score (nSPS) is 13.7. The second kappa shape index (κ2) is 7.10. The molecule has 0 fully saturated rings. The summed E-state index contributed by atoms with van der Waals surface area (Å²) in [5.74, 6) is 0.392. The molecular formula is C12H19N3O2S. The van der Waals surface area contributed by atoms with Crippen LogP contribution < -0.4 is 10.6 Å². The first-order valence-electron chi connectivity index (χ1n) is 5.79. The van der Waals surface area contributed by atoms with Crippen LogP contribution in [0.5, 0.6) is 0 Å². The number of anilines is 1. The predicted octanol–water partition coefficient (Wildman–Crippen LogP) is 1.01. The molecule has 100 valence electrons. The first-order valence-corrected chi connectivity index (χ1v) is 7.41. The molecule has 2 N–H and O–H groups in total. The minimum absolute atomic E-state index is 0.0861. The molecular weight excluding hydrogens is 250 g/mol. The lowest BCUT2D eigenvalue weighted by Gasteiger charge is -2.11. The van der Waals surface area contributed by atoms with Gasteiger partial charge in [-0.25, -0.2) is 4.98 Å². The van der Waals surface area contributed by atoms with E-state index >= 15 is 0 Å². The third-order valence-electron chi connectivity index (χ3n) is 2.69. The Labute approximate surface area is 110 Å². The molecule has 1 amide bonds. The molecule has 1 aromatic heterocycles. The van der Waals surface area contributed by atoms with Gasteiger partial charge in [0, 0.05) is 42.1 Å². The van der Waals surface area contributed by atoms with E-state index in [2.05, 4.69) is 15.6 Å². The Balaban J connectivity index is 2.53. The van der Waals surface area contributed by atoms with Crippen molar-refractivity contribution in [3.63, 3.8) is 0 Å². The summed E-state index contributed by atoms with van der Waals surface area (Å²) in [5, 5.41) is 5.77. The fourth-order valence-electron chi connectivity index (χ4n) is 1.44. The van der Waals surface area contributed by atoms with Gasteiger partial charge in [0.05, 0.1) is 5.56 Å². The van der Waals surface area contributed by atoms with Crippen molar-refractivity contribution in [3.05, 3.63) is 23.9 Å². The molecule has 2 atom stereocenters. The molecule has 0 spiro atoms. The third-order valence-corrected chi connectivity index (χ3v) is 4.06. The summed E-state index contributed by atoms with van der Waals surface area (Å²) >= 11 is 0. The van der Waals surface area contributed by atoms with E-state index in [4.69, 9.17) is 0 Å². The molecule has 6 heteroatoms. The molecule has 1 rings (SSSR count). The molecule has 0 radical (unpaired) electrons. The number of carbonyl (C=O) groups excluding carboxylic acids is 1. The summed E-state index contributed by atoms with van der Waals surface area (Å²) in [6.45, 7) is 2.42. The summed E-state index contributed by atoms with van der Waals surface area (Å²) in [6, 6.07) is 3.44. The van der Waals surface area contributed by atoms with E-state index in [1.165, 1.54) is 0 Å². The van der Waals surface area contributed by atoms with Gasteiger partial charge < -0.3 is 10.6 Å². The molecule has 0 aliphatic heterocycles. The van der Waals surface area contributed by atoms with Gasteiger partial charge in [-0.2, -0.15) is 0 Å². The van der Waals surface area contributed by atoms with Gasteiger partial charge in [0.1, 0.15) is 5.82 Å². The number of nitrogens with one attached hydrogen (secondary N) is 2. The highest BCUT2D eigenvalue weighted by atomic mass is 32.2. The van der Waals surface area contributed by atoms with Crippen molar-refractivity contribution in [2.75, 3.05) is 25.2 Å². The average molecular weight is 269 g/mol. The van der Waals surface area contributed by atoms with E-state index in [1.54, 1.807) is 31.6 Å². The number of hydrogen-bond donors (Lipinski definition) is 2. The minimum Gasteiger partial charge on any atom is -0.372 e. The van der Waals surface area contributed by atoms with Crippen molar-refractivity contribution in [2.45, 2.75) is 18.6 Å². The highest BCUT2D eigenvalue weighted by Crippen LogP contribution is 2.10. The molecule has 0 aliphatic carbocycles. The van der Waals surface area contributed by atoms with Crippen molar-refractivity contribution in [1.82, 2.24) is 10.3 Å². The van der Waals surface area contributed by atoms with Crippen molar-refractivity contribution in [3.8, 4) is 0 Å². The van der Waals surface area contributed by atoms with Gasteiger partial charge >= 0.3 is 0 Å². The van der Waals surface area contributed by atoms with Crippen LogP contribution in [0.15, 0.2) is 18.3 Å². The summed E-state index contributed by atoms with van der Waals surface area (Å²) in [6.07, 6.45) is 4.00. The number of nitrogens with zero attached hydrogens (tertiary/aromatic N) is 1. The Morgan fingerprint density at radius 3 is 2.89 bits per heavy atom. The molecule has 18 heavy (non-hydrogen) atoms. The van der Waals surface area contributed by atoms with Gasteiger partial charge in [-0.05, 0) is 18.6 Å². The molecule has 0 aliphatic rings. The van der Waals surface area contributed by atoms with Crippen molar-refractivity contribution >= 4 is 22.5 Å². The van der Waals surface area contributed by atoms with Crippen LogP contribution in [0.25, 0.3) is 0 Å². The molecule has 1 aromatic rings. The first-order chi connectivity index (χ1) is 8.56. The highest BCUT2D eigenvalue weighted by molar-refractivity contribution is 7.84. The Hall–Kier alpha value is -1.43. The second-order valence-electron chi connectivity index (χ2n) is 4.00. The van der Waals surface area contributed by atoms with Crippen LogP contribution in [0.2, 0.25) is 0 Å². The molecule has 0 saturated heterocycles. The maximum atomic E-state index is 11.9. The van der Waals surface area contributed by atoms with Gasteiger partial charge in [0.25, 0.3) is 5.91 Å². The molecule has 5 nitrogen and oxygen atoms in total. The maximum absolute atomic E-state index is 11.9. The van der Waals surface area contributed by atoms with E-state index in [0.29, 0.717) is 24.3 Å². The highest BCUT2D eigenvalue weighted by Gasteiger charge is 2.11. The van der Waals surface area contributed by atoms with Gasteiger partial charge in [-0.15, -0.1) is 0 Å². The summed E-state index contributed by atoms with van der Waals surface area (Å²) in [4.78, 5) is 16.0. The number of amides is 1. The van der Waals surface area contributed by atoms with Crippen LogP contribution in [0.4, 0.5) is 5.82 Å². The summed E-state index contributed by atoms with van der Waals surface area (Å²) in [5.41, 5.74) is 0.519. The van der Waals surface area contributed by atoms with E-state index in [-0.39, 0.29) is 11.2 Å². The van der Waals surface area contributed by atoms with Crippen LogP contribution in [0, 0.1) is 0 Å². The van der Waals surface area contributed by atoms with E-state index in [1.807, 2.05) is 6.92 Å². The molecule has 0 bridgehead atoms. The summed E-state index contributed by atoms with van der Waals surface area (Å²) < 4.78 is 11.2. The third kappa shape index (κ3) is 4.10. The topological polar surface area (TPSA) is 71.1 Å². The Bertz CT molecular complexity index is 437. The number of hydrogen-bond acceptors (Lipinski definition) is 4. The summed E-state index contributed by atoms with van der Waals surface area (Å²) in [7, 11) is 0.872. The van der Waals surface area contributed by atoms with Crippen LogP contribution in [-0.2, 0) is 10.8 Å². The van der Waals surface area contributed by atoms with E-state index in [9.17, 15) is 9.00 Å². The van der Waals surface area contributed by atoms with Crippen LogP contribution in [0.1, 0.15) is 23.7 Å². The molecule has 0 saturated carbocycles. The zero-order valence-electron chi connectivity index (χ0n) is 10.9. The molecule has 0 aromatic carbocycles. The van der Waals surface area contributed by atoms with Gasteiger partial charge in [-0.1, -0.05) is 6.92 Å². The zero-order chi connectivity index (χ0) is 13.5. The van der Waals surface area contributed by atoms with Crippen molar-refractivity contribution in [2.24, 2.45) is 0 Å². The van der Waals surface area contributed by atoms with Crippen LogP contribution in [0.3, 0.4) is 0 Å². The zero-order valence-corrected chi connectivity index (χ0v) is 11.7. The largest absolute Gasteiger partial charge is 0.372 e. The number of carbonyl (C=O) groups is 1. The standard InChI is InChI=1S/C12H19N3O2S/c1-9(18(3)17)6-8-15-12(16)10-5-4-7-14-11(10)13-2/h4-5,7,9H,6,8H2,1-3H3,(H,13,14)(H,15,16). The van der Waals surface area contributed by atoms with Gasteiger partial charge in [-0.3, -0.25) is 9.00 Å². The van der Waals surface area contributed by atoms with Gasteiger partial charge in [0.2, 0.25) is 0 Å². The lowest BCUT2D eigenvalue weighted by atomic mass is 10.2. The fourth-order valence-corrected chi connectivity index (χ4v) is 1.89. The number of pyridine rings is 1. The quantitative estimate of drug-likeness (QED) is 0.808. The Kier molecular flexibility index (Phi) is 5.77. The maximum Gasteiger partial charge on any atom is 0.255 e. The first kappa shape index (κ1) is 14.6. The van der Waals surface area contributed by atoms with E-state index < -0.39 is 10.8 Å². The van der Waals surface area contributed by atoms with Gasteiger partial charge in [0.15, 0.2) is 0 Å². The number of rotatable bonds is 6. The lowest BCUT2D eigenvalue weighted by Crippen LogP contribution is -2.28. The Morgan fingerprint density at radius 1 is 1.56 bits per heavy atom. The monoisotopic (exact) mass is 269 g/mol. The lowest BCUT2D eigenvalue weighted by molar-refractivity contribution is 0.0954. The Morgan fingerprint density at radius 2 is 2.28 bits per heavy atom. The molecule has 2 unspecified atom stereocenters.